The number of benzene rings is 5. The first kappa shape index (κ1) is 32.4. The third-order valence-corrected chi connectivity index (χ3v) is 9.32. The Hall–Kier alpha value is -4.14. The Kier molecular flexibility index (Phi) is 9.82. The Morgan fingerprint density at radius 3 is 1.77 bits per heavy atom. The molecular formula is C42H42O6. The zero-order chi connectivity index (χ0) is 32.9. The average molecular weight is 643 g/mol. The molecule has 5 aromatic rings. The molecule has 0 aromatic heterocycles. The minimum Gasteiger partial charge on any atom is -0.384 e. The summed E-state index contributed by atoms with van der Waals surface area (Å²) in [6, 6.07) is 44.3. The third-order valence-electron chi connectivity index (χ3n) is 9.32. The van der Waals surface area contributed by atoms with Gasteiger partial charge in [0.25, 0.3) is 0 Å². The molecule has 1 fully saturated rings. The van der Waals surface area contributed by atoms with Crippen molar-refractivity contribution in [3.63, 3.8) is 0 Å². The van der Waals surface area contributed by atoms with E-state index in [1.165, 1.54) is 0 Å². The summed E-state index contributed by atoms with van der Waals surface area (Å²) < 4.78 is 34.1. The molecule has 0 saturated carbocycles. The van der Waals surface area contributed by atoms with Gasteiger partial charge in [0, 0.05) is 5.56 Å². The van der Waals surface area contributed by atoms with Crippen molar-refractivity contribution in [3.05, 3.63) is 178 Å². The van der Waals surface area contributed by atoms with Crippen molar-refractivity contribution in [1.29, 1.82) is 0 Å². The van der Waals surface area contributed by atoms with Crippen molar-refractivity contribution in [2.75, 3.05) is 0 Å². The van der Waals surface area contributed by atoms with E-state index in [1.807, 2.05) is 123 Å². The van der Waals surface area contributed by atoms with Crippen LogP contribution >= 0.6 is 0 Å². The number of aliphatic hydroxyl groups is 1. The highest BCUT2D eigenvalue weighted by Gasteiger charge is 2.60. The summed E-state index contributed by atoms with van der Waals surface area (Å²) in [7, 11) is 0. The molecule has 0 aliphatic carbocycles. The van der Waals surface area contributed by atoms with E-state index in [0.717, 1.165) is 44.5 Å². The van der Waals surface area contributed by atoms with Crippen LogP contribution in [0.3, 0.4) is 0 Å². The molecule has 1 spiro atoms. The number of rotatable bonds is 11. The van der Waals surface area contributed by atoms with E-state index in [9.17, 15) is 5.11 Å². The van der Waals surface area contributed by atoms with Crippen LogP contribution in [0.5, 0.6) is 0 Å². The molecule has 6 heteroatoms. The fourth-order valence-corrected chi connectivity index (χ4v) is 6.73. The highest BCUT2D eigenvalue weighted by atomic mass is 16.7. The molecule has 246 valence electrons. The minimum absolute atomic E-state index is 0.325. The van der Waals surface area contributed by atoms with Crippen molar-refractivity contribution in [3.8, 4) is 0 Å². The van der Waals surface area contributed by atoms with E-state index in [2.05, 4.69) is 24.3 Å². The van der Waals surface area contributed by atoms with E-state index >= 15 is 0 Å². The Balaban J connectivity index is 1.28. The molecular weight excluding hydrogens is 600 g/mol. The van der Waals surface area contributed by atoms with E-state index in [-0.39, 0.29) is 0 Å². The predicted octanol–water partition coefficient (Wildman–Crippen LogP) is 7.93. The van der Waals surface area contributed by atoms with E-state index < -0.39 is 36.3 Å². The van der Waals surface area contributed by atoms with Crippen LogP contribution in [-0.4, -0.2) is 29.5 Å². The maximum atomic E-state index is 11.5. The maximum absolute atomic E-state index is 11.5. The lowest BCUT2D eigenvalue weighted by Gasteiger charge is -2.50. The molecule has 1 unspecified atom stereocenters. The summed E-state index contributed by atoms with van der Waals surface area (Å²) >= 11 is 0. The summed E-state index contributed by atoms with van der Waals surface area (Å²) in [5.74, 6) is -1.29. The van der Waals surface area contributed by atoms with Crippen LogP contribution in [0.1, 0.15) is 57.5 Å². The third kappa shape index (κ3) is 6.87. The molecule has 7 rings (SSSR count). The number of hydrogen-bond donors (Lipinski definition) is 1. The van der Waals surface area contributed by atoms with Gasteiger partial charge in [-0.1, -0.05) is 133 Å². The van der Waals surface area contributed by atoms with Crippen LogP contribution in [0, 0.1) is 6.92 Å². The number of aryl methyl sites for hydroxylation is 1. The average Bonchev–Trinajstić information content (AvgIpc) is 3.48. The molecule has 1 saturated heterocycles. The van der Waals surface area contributed by atoms with Crippen LogP contribution in [0.2, 0.25) is 0 Å². The summed E-state index contributed by atoms with van der Waals surface area (Å²) in [6.07, 6.45) is -2.95. The van der Waals surface area contributed by atoms with Gasteiger partial charge < -0.3 is 28.8 Å². The molecule has 2 aliphatic heterocycles. The Morgan fingerprint density at radius 1 is 0.667 bits per heavy atom. The molecule has 1 N–H and O–H groups in total. The second kappa shape index (κ2) is 14.5. The highest BCUT2D eigenvalue weighted by molar-refractivity contribution is 5.42. The van der Waals surface area contributed by atoms with Gasteiger partial charge in [-0.2, -0.15) is 0 Å². The number of aliphatic hydroxyl groups excluding tert-OH is 1. The fraction of sp³-hybridized carbons (Fsp3) is 0.286. The molecule has 6 atom stereocenters. The molecule has 2 heterocycles. The quantitative estimate of drug-likeness (QED) is 0.158. The topological polar surface area (TPSA) is 66.4 Å². The molecule has 0 radical (unpaired) electrons. The Morgan fingerprint density at radius 2 is 1.19 bits per heavy atom. The highest BCUT2D eigenvalue weighted by Crippen LogP contribution is 2.49. The largest absolute Gasteiger partial charge is 0.384 e. The number of ether oxygens (including phenoxy) is 5. The van der Waals surface area contributed by atoms with Gasteiger partial charge in [0.05, 0.1) is 32.5 Å². The lowest BCUT2D eigenvalue weighted by atomic mass is 9.85. The van der Waals surface area contributed by atoms with Crippen molar-refractivity contribution in [1.82, 2.24) is 0 Å². The molecule has 0 bridgehead atoms. The van der Waals surface area contributed by atoms with Crippen LogP contribution in [0.4, 0.5) is 0 Å². The van der Waals surface area contributed by atoms with Crippen molar-refractivity contribution < 1.29 is 28.8 Å². The molecule has 2 aliphatic rings. The normalized spacial score (nSPS) is 24.0. The van der Waals surface area contributed by atoms with Gasteiger partial charge in [0.2, 0.25) is 5.79 Å². The molecule has 6 nitrogen and oxygen atoms in total. The monoisotopic (exact) mass is 642 g/mol. The van der Waals surface area contributed by atoms with Gasteiger partial charge >= 0.3 is 0 Å². The minimum atomic E-state index is -1.29. The van der Waals surface area contributed by atoms with Gasteiger partial charge in [-0.25, -0.2) is 0 Å². The zero-order valence-electron chi connectivity index (χ0n) is 27.4. The molecule has 48 heavy (non-hydrogen) atoms. The van der Waals surface area contributed by atoms with Crippen molar-refractivity contribution in [2.45, 2.75) is 76.6 Å². The fourth-order valence-electron chi connectivity index (χ4n) is 6.73. The second-order valence-corrected chi connectivity index (χ2v) is 12.7. The van der Waals surface area contributed by atoms with E-state index in [0.29, 0.717) is 26.4 Å². The maximum Gasteiger partial charge on any atom is 0.225 e. The smallest absolute Gasteiger partial charge is 0.225 e. The zero-order valence-corrected chi connectivity index (χ0v) is 27.4. The summed E-state index contributed by atoms with van der Waals surface area (Å²) in [5, 5.41) is 11.5. The first-order valence-corrected chi connectivity index (χ1v) is 16.7. The number of fused-ring (bicyclic) bond motifs is 2. The van der Waals surface area contributed by atoms with Crippen LogP contribution in [0.15, 0.2) is 133 Å². The predicted molar refractivity (Wildman–Crippen MR) is 184 cm³/mol. The van der Waals surface area contributed by atoms with Crippen LogP contribution < -0.4 is 0 Å². The van der Waals surface area contributed by atoms with Crippen LogP contribution in [-0.2, 0) is 55.9 Å². The SMILES string of the molecule is Cc1ccc(C(O)c2ccc3c(c2)[C@]2(OC3)O[C@H](C)[C@@H](OCc3ccccc3)[C@H](OCc3ccccc3)[C@H]2OCc2ccccc2)cc1. The Bertz CT molecular complexity index is 1760. The number of hydrogen-bond acceptors (Lipinski definition) is 6. The summed E-state index contributed by atoms with van der Waals surface area (Å²) in [6.45, 7) is 5.48. The lowest BCUT2D eigenvalue weighted by molar-refractivity contribution is -0.381. The van der Waals surface area contributed by atoms with Crippen molar-refractivity contribution >= 4 is 0 Å². The van der Waals surface area contributed by atoms with Gasteiger partial charge in [-0.3, -0.25) is 0 Å². The Labute approximate surface area is 282 Å². The van der Waals surface area contributed by atoms with Gasteiger partial charge in [0.15, 0.2) is 0 Å². The van der Waals surface area contributed by atoms with Gasteiger partial charge in [-0.15, -0.1) is 0 Å². The van der Waals surface area contributed by atoms with E-state index in [1.54, 1.807) is 0 Å². The second-order valence-electron chi connectivity index (χ2n) is 12.7. The van der Waals surface area contributed by atoms with E-state index in [4.69, 9.17) is 23.7 Å². The standard InChI is InChI=1S/C42H42O6/c1-29-18-20-34(21-19-29)38(43)35-22-23-36-28-47-42(37(36)24-35)41(46-27-33-16-10-5-11-17-33)40(45-26-32-14-8-4-9-15-32)39(30(2)48-42)44-25-31-12-6-3-7-13-31/h3-24,30,38-41,43H,25-28H2,1-2H3/t30-,38?,39-,40+,41-,42+/m1/s1. The van der Waals surface area contributed by atoms with Crippen LogP contribution in [0.25, 0.3) is 0 Å². The molecule has 5 aromatic carbocycles. The summed E-state index contributed by atoms with van der Waals surface area (Å²) in [4.78, 5) is 0. The molecule has 0 amide bonds. The van der Waals surface area contributed by atoms with Gasteiger partial charge in [-0.05, 0) is 53.3 Å². The van der Waals surface area contributed by atoms with Gasteiger partial charge in [0.1, 0.15) is 24.4 Å². The first-order chi connectivity index (χ1) is 23.5. The lowest BCUT2D eigenvalue weighted by Crippen LogP contribution is -2.64. The van der Waals surface area contributed by atoms with Crippen molar-refractivity contribution in [2.24, 2.45) is 0 Å². The first-order valence-electron chi connectivity index (χ1n) is 16.7. The summed E-state index contributed by atoms with van der Waals surface area (Å²) in [5.41, 5.74) is 7.67.